The van der Waals surface area contributed by atoms with E-state index >= 15 is 0 Å². The van der Waals surface area contributed by atoms with Gasteiger partial charge in [0.15, 0.2) is 6.68 Å². The van der Waals surface area contributed by atoms with Gasteiger partial charge in [0.05, 0.1) is 13.2 Å². The van der Waals surface area contributed by atoms with E-state index in [1.165, 1.54) is 41.0 Å². The number of benzene rings is 5. The molecule has 5 fully saturated rings. The number of ether oxygens (including phenoxy) is 1. The molecule has 12 rings (SSSR count). The van der Waals surface area contributed by atoms with Gasteiger partial charge in [-0.05, 0) is 152 Å². The molecule has 92 heavy (non-hydrogen) atoms. The van der Waals surface area contributed by atoms with E-state index in [0.717, 1.165) is 158 Å². The fourth-order valence-electron chi connectivity index (χ4n) is 13.8. The van der Waals surface area contributed by atoms with Crippen molar-refractivity contribution in [1.29, 1.82) is 0 Å². The summed E-state index contributed by atoms with van der Waals surface area (Å²) < 4.78 is 63.7. The summed E-state index contributed by atoms with van der Waals surface area (Å²) in [5.74, 6) is -0.0380. The summed E-state index contributed by atoms with van der Waals surface area (Å²) in [6, 6.07) is 39.4. The van der Waals surface area contributed by atoms with Crippen LogP contribution in [-0.2, 0) is 56.7 Å². The molecule has 0 aromatic heterocycles. The number of hydrogen-bond donors (Lipinski definition) is 3. The predicted octanol–water partition coefficient (Wildman–Crippen LogP) is 8.37. The number of halogens is 4. The van der Waals surface area contributed by atoms with Crippen LogP contribution in [0, 0.1) is 24.1 Å². The molecule has 5 saturated heterocycles. The number of anilines is 3. The summed E-state index contributed by atoms with van der Waals surface area (Å²) in [6.07, 6.45) is 8.21. The number of morpholine rings is 1. The number of allylic oxidation sites excluding steroid dienone is 1. The number of imide groups is 1. The van der Waals surface area contributed by atoms with Crippen LogP contribution in [0.4, 0.5) is 30.2 Å². The Balaban J connectivity index is 0.00000151. The first kappa shape index (κ1) is 72.2. The number of thioether (sulfide) groups is 1. The van der Waals surface area contributed by atoms with Crippen LogP contribution in [0.1, 0.15) is 89.6 Å². The SMILES string of the molecule is F[C-](F)F.O.O.O=C1CCC(N2Cc3ccc(N4CCC(CN5CCC6(CCC(c7ccc(Cl)cc7)=C(CN7CCN(c8ccc(C(=O)NS(=O)(=O)c9c[c-]c(N[C@H](CCN%10CCOCC%10)CSc%10ccccc%10)cc9)cc8)CC7)C6)C5)CC4)cc3C2=O)C(=O)N1.[Sc]. The number of fused-ring (bicyclic) bond motifs is 1. The average Bonchev–Trinajstić information content (AvgIpc) is 1.58. The normalized spacial score (nSPS) is 21.2. The van der Waals surface area contributed by atoms with Gasteiger partial charge in [-0.15, -0.1) is 17.8 Å². The molecule has 5 aromatic rings. The molecule has 7 aliphatic rings. The van der Waals surface area contributed by atoms with Crippen molar-refractivity contribution in [3.63, 3.8) is 0 Å². The summed E-state index contributed by atoms with van der Waals surface area (Å²) in [7, 11) is -4.16. The molecule has 5 aromatic carbocycles. The quantitative estimate of drug-likeness (QED) is 0.0401. The van der Waals surface area contributed by atoms with Crippen LogP contribution in [0.15, 0.2) is 131 Å². The number of carbonyl (C=O) groups excluding carboxylic acids is 4. The number of rotatable bonds is 19. The van der Waals surface area contributed by atoms with Crippen molar-refractivity contribution in [3.8, 4) is 0 Å². The van der Waals surface area contributed by atoms with Crippen LogP contribution in [0.3, 0.4) is 0 Å². The van der Waals surface area contributed by atoms with E-state index in [2.05, 4.69) is 76.3 Å². The molecule has 493 valence electrons. The number of nitrogens with zero attached hydrogens (tertiary/aromatic N) is 6. The Labute approximate surface area is 565 Å². The summed E-state index contributed by atoms with van der Waals surface area (Å²) in [4.78, 5) is 66.7. The van der Waals surface area contributed by atoms with Gasteiger partial charge in [-0.2, -0.15) is 18.2 Å². The molecule has 18 nitrogen and oxygen atoms in total. The van der Waals surface area contributed by atoms with Crippen molar-refractivity contribution in [3.05, 3.63) is 161 Å². The van der Waals surface area contributed by atoms with E-state index in [0.29, 0.717) is 30.1 Å². The molecule has 1 spiro atoms. The smallest absolute Gasteiger partial charge is 0.264 e. The topological polar surface area (TPSA) is 230 Å². The van der Waals surface area contributed by atoms with E-state index in [4.69, 9.17) is 16.3 Å². The first-order valence-corrected chi connectivity index (χ1v) is 33.8. The van der Waals surface area contributed by atoms with E-state index in [1.807, 2.05) is 54.6 Å². The van der Waals surface area contributed by atoms with E-state index in [1.54, 1.807) is 40.4 Å². The number of nitrogens with one attached hydrogen (secondary N) is 3. The second kappa shape index (κ2) is 33.1. The number of hydrogen-bond acceptors (Lipinski definition) is 14. The first-order valence-electron chi connectivity index (χ1n) is 31.0. The Morgan fingerprint density at radius 3 is 2.17 bits per heavy atom. The molecule has 25 heteroatoms. The van der Waals surface area contributed by atoms with Crippen LogP contribution in [0.5, 0.6) is 0 Å². The number of amides is 4. The fraction of sp³-hybridized carbons (Fsp3) is 0.448. The van der Waals surface area contributed by atoms with Gasteiger partial charge >= 0.3 is 0 Å². The summed E-state index contributed by atoms with van der Waals surface area (Å²) in [5, 5.41) is 6.73. The van der Waals surface area contributed by atoms with Crippen molar-refractivity contribution in [2.75, 3.05) is 119 Å². The maximum atomic E-state index is 13.6. The van der Waals surface area contributed by atoms with E-state index in [-0.39, 0.29) is 82.9 Å². The zero-order chi connectivity index (χ0) is 62.1. The van der Waals surface area contributed by atoms with Gasteiger partial charge in [0.25, 0.3) is 11.8 Å². The zero-order valence-corrected chi connectivity index (χ0v) is 55.7. The average molecular weight is 1360 g/mol. The van der Waals surface area contributed by atoms with E-state index in [9.17, 15) is 40.8 Å². The Kier molecular flexibility index (Phi) is 26.0. The Bertz CT molecular complexity index is 3440. The predicted molar refractivity (Wildman–Crippen MR) is 348 cm³/mol. The number of piperazine rings is 1. The molecule has 0 bridgehead atoms. The number of sulfonamides is 1. The maximum absolute atomic E-state index is 13.6. The van der Waals surface area contributed by atoms with Gasteiger partial charge in [-0.3, -0.25) is 39.0 Å². The molecule has 7 N–H and O–H groups in total. The minimum absolute atomic E-state index is 0. The molecule has 6 heterocycles. The van der Waals surface area contributed by atoms with Gasteiger partial charge in [0, 0.05) is 162 Å². The minimum atomic E-state index is -4.16. The van der Waals surface area contributed by atoms with Crippen LogP contribution in [-0.4, -0.2) is 179 Å². The van der Waals surface area contributed by atoms with E-state index < -0.39 is 28.7 Å². The summed E-state index contributed by atoms with van der Waals surface area (Å²) in [5.41, 5.74) is 9.13. The molecule has 6 aliphatic heterocycles. The second-order valence-corrected chi connectivity index (χ2v) is 27.7. The van der Waals surface area contributed by atoms with Gasteiger partial charge < -0.3 is 53.8 Å². The molecular formula is C67H81ClF3N9O9S2Sc-2. The molecule has 1 radical (unpaired) electrons. The summed E-state index contributed by atoms with van der Waals surface area (Å²) >= 11 is 8.20. The maximum Gasteiger partial charge on any atom is 0.264 e. The molecule has 0 saturated carbocycles. The van der Waals surface area contributed by atoms with Gasteiger partial charge in [0.1, 0.15) is 6.04 Å². The molecule has 1 aliphatic carbocycles. The van der Waals surface area contributed by atoms with Crippen molar-refractivity contribution in [2.45, 2.75) is 86.2 Å². The summed E-state index contributed by atoms with van der Waals surface area (Å²) in [6.45, 7) is 11.1. The Hall–Kier alpha value is -5.67. The molecule has 2 unspecified atom stereocenters. The number of likely N-dealkylation sites (tertiary alicyclic amines) is 1. The van der Waals surface area contributed by atoms with Crippen LogP contribution < -0.4 is 25.2 Å². The van der Waals surface area contributed by atoms with Crippen molar-refractivity contribution < 1.29 is 82.3 Å². The number of carbonyl (C=O) groups is 4. The third-order valence-corrected chi connectivity index (χ3v) is 21.4. The second-order valence-electron chi connectivity index (χ2n) is 24.5. The molecule has 4 amide bonds. The van der Waals surface area contributed by atoms with Gasteiger partial charge in [-0.1, -0.05) is 59.3 Å². The first-order chi connectivity index (χ1) is 43.0. The van der Waals surface area contributed by atoms with Crippen molar-refractivity contribution in [2.24, 2.45) is 11.3 Å². The number of piperidine rings is 2. The zero-order valence-electron chi connectivity index (χ0n) is 51.5. The molecular weight excluding hydrogens is 1280 g/mol. The standard InChI is InChI=1S/C66H77ClN9O7S2.CF3.2H2O.Sc/c67-52-11-6-48(7-12-52)59-22-26-66(27-31-73(46-66)42-47-23-29-74(30-24-47)56-17-10-50-44-76(65(80)60(50)40-56)61-20-21-62(77)69-64(61)79)41-51(59)43-72-32-34-75(35-33-72)55-15-8-49(9-16-55)63(78)70-85(81,82)58-18-13-53(14-19-58)68-54(25-28-71-36-38-83-39-37-71)45-84-57-4-2-1-3-5-57;2-1(3)4;;;/h1-13,15-19,40,47,54,61,68H,20-39,41-46H2,(H,70,78)(H,69,77,79);;2*1H2;/q2*-1;;;/t54-,61?,66?;;;;/m1..../s1. The van der Waals surface area contributed by atoms with Gasteiger partial charge in [0.2, 0.25) is 21.8 Å². The Morgan fingerprint density at radius 2 is 1.49 bits per heavy atom. The van der Waals surface area contributed by atoms with Crippen LogP contribution in [0.2, 0.25) is 5.02 Å². The minimum Gasteiger partial charge on any atom is -0.412 e. The fourth-order valence-corrected chi connectivity index (χ4v) is 15.9. The van der Waals surface area contributed by atoms with Crippen LogP contribution >= 0.6 is 23.4 Å². The van der Waals surface area contributed by atoms with Crippen molar-refractivity contribution in [1.82, 2.24) is 29.6 Å². The van der Waals surface area contributed by atoms with Crippen LogP contribution in [0.25, 0.3) is 5.57 Å². The molecule has 3 atom stereocenters. The largest absolute Gasteiger partial charge is 0.412 e. The third-order valence-electron chi connectivity index (χ3n) is 18.7. The monoisotopic (exact) mass is 1360 g/mol. The Morgan fingerprint density at radius 1 is 0.793 bits per heavy atom. The van der Waals surface area contributed by atoms with Crippen molar-refractivity contribution >= 4 is 79.7 Å². The third kappa shape index (κ3) is 18.6. The van der Waals surface area contributed by atoms with Gasteiger partial charge in [-0.25, -0.2) is 8.42 Å².